The molecule has 7 nitrogen and oxygen atoms in total. The molecule has 1 N–H and O–H groups in total. The second kappa shape index (κ2) is 13.5. The fourth-order valence-corrected chi connectivity index (χ4v) is 4.81. The molecule has 0 aliphatic carbocycles. The maximum atomic E-state index is 13.2. The lowest BCUT2D eigenvalue weighted by Gasteiger charge is -2.30. The number of anilines is 1. The van der Waals surface area contributed by atoms with Crippen LogP contribution in [-0.4, -0.2) is 56.6 Å². The molecule has 0 unspecified atom stereocenters. The highest BCUT2D eigenvalue weighted by atomic mass is 35.5. The van der Waals surface area contributed by atoms with E-state index in [1.54, 1.807) is 36.1 Å². The van der Waals surface area contributed by atoms with Crippen LogP contribution in [-0.2, 0) is 26.0 Å². The van der Waals surface area contributed by atoms with Crippen LogP contribution in [0.5, 0.6) is 0 Å². The number of carbonyl (C=O) groups is 2. The summed E-state index contributed by atoms with van der Waals surface area (Å²) in [5.41, 5.74) is 1.53. The third-order valence-corrected chi connectivity index (χ3v) is 7.33. The van der Waals surface area contributed by atoms with Gasteiger partial charge in [-0.15, -0.1) is 0 Å². The largest absolute Gasteiger partial charge is 0.352 e. The summed E-state index contributed by atoms with van der Waals surface area (Å²) in [5.74, 6) is -0.385. The van der Waals surface area contributed by atoms with Gasteiger partial charge in [0.1, 0.15) is 6.04 Å². The predicted molar refractivity (Wildman–Crippen MR) is 142 cm³/mol. The first-order chi connectivity index (χ1) is 16.5. The molecule has 0 spiro atoms. The van der Waals surface area contributed by atoms with Crippen molar-refractivity contribution in [3.63, 3.8) is 0 Å². The minimum atomic E-state index is -3.56. The Hall–Kier alpha value is -2.58. The summed E-state index contributed by atoms with van der Waals surface area (Å²) in [7, 11) is -3.56. The molecule has 9 heteroatoms. The number of benzene rings is 2. The monoisotopic (exact) mass is 521 g/mol. The SMILES string of the molecule is CC[C@H](C)NC(=O)[C@@H](C)N(CCc1ccccc1)C(=O)CCCN(c1cccc(Cl)c1)S(C)(=O)=O. The highest BCUT2D eigenvalue weighted by molar-refractivity contribution is 7.92. The molecule has 35 heavy (non-hydrogen) atoms. The van der Waals surface area contributed by atoms with E-state index in [9.17, 15) is 18.0 Å². The molecule has 2 rings (SSSR count). The van der Waals surface area contributed by atoms with Crippen molar-refractivity contribution in [2.24, 2.45) is 0 Å². The number of amides is 2. The Bertz CT molecular complexity index is 1080. The number of sulfonamides is 1. The molecular formula is C26H36ClN3O4S. The molecule has 0 saturated carbocycles. The lowest BCUT2D eigenvalue weighted by molar-refractivity contribution is -0.140. The predicted octanol–water partition coefficient (Wildman–Crippen LogP) is 4.26. The summed E-state index contributed by atoms with van der Waals surface area (Å²) < 4.78 is 26.0. The molecule has 0 radical (unpaired) electrons. The van der Waals surface area contributed by atoms with E-state index in [0.717, 1.165) is 18.2 Å². The molecule has 0 aromatic heterocycles. The highest BCUT2D eigenvalue weighted by Crippen LogP contribution is 2.22. The van der Waals surface area contributed by atoms with E-state index < -0.39 is 16.1 Å². The summed E-state index contributed by atoms with van der Waals surface area (Å²) in [4.78, 5) is 27.6. The van der Waals surface area contributed by atoms with Gasteiger partial charge in [0.05, 0.1) is 11.9 Å². The maximum Gasteiger partial charge on any atom is 0.242 e. The third-order valence-electron chi connectivity index (χ3n) is 5.90. The van der Waals surface area contributed by atoms with Crippen LogP contribution >= 0.6 is 11.6 Å². The van der Waals surface area contributed by atoms with E-state index in [1.165, 1.54) is 4.31 Å². The molecule has 0 saturated heterocycles. The average molecular weight is 522 g/mol. The molecule has 2 aromatic carbocycles. The van der Waals surface area contributed by atoms with E-state index in [1.807, 2.05) is 44.2 Å². The number of halogens is 1. The van der Waals surface area contributed by atoms with Crippen molar-refractivity contribution in [2.75, 3.05) is 23.7 Å². The Morgan fingerprint density at radius 3 is 2.31 bits per heavy atom. The molecule has 2 amide bonds. The van der Waals surface area contributed by atoms with Gasteiger partial charge in [-0.3, -0.25) is 13.9 Å². The summed E-state index contributed by atoms with van der Waals surface area (Å²) in [6, 6.07) is 15.8. The first-order valence-electron chi connectivity index (χ1n) is 11.9. The molecule has 0 aliphatic heterocycles. The summed E-state index contributed by atoms with van der Waals surface area (Å²) >= 11 is 6.04. The molecule has 0 bridgehead atoms. The van der Waals surface area contributed by atoms with E-state index in [2.05, 4.69) is 5.32 Å². The smallest absolute Gasteiger partial charge is 0.242 e. The normalized spacial score (nSPS) is 13.1. The molecule has 2 atom stereocenters. The Morgan fingerprint density at radius 2 is 1.71 bits per heavy atom. The van der Waals surface area contributed by atoms with Crippen molar-refractivity contribution in [1.82, 2.24) is 10.2 Å². The van der Waals surface area contributed by atoms with Gasteiger partial charge in [-0.25, -0.2) is 8.42 Å². The van der Waals surface area contributed by atoms with Gasteiger partial charge in [-0.2, -0.15) is 0 Å². The van der Waals surface area contributed by atoms with Gasteiger partial charge in [0.15, 0.2) is 0 Å². The third kappa shape index (κ3) is 9.18. The zero-order valence-electron chi connectivity index (χ0n) is 20.9. The molecule has 0 heterocycles. The molecule has 2 aromatic rings. The minimum absolute atomic E-state index is 0.0111. The zero-order valence-corrected chi connectivity index (χ0v) is 22.5. The Morgan fingerprint density at radius 1 is 1.03 bits per heavy atom. The number of nitrogens with zero attached hydrogens (tertiary/aromatic N) is 2. The van der Waals surface area contributed by atoms with Gasteiger partial charge in [-0.1, -0.05) is 54.9 Å². The van der Waals surface area contributed by atoms with Gasteiger partial charge in [0.2, 0.25) is 21.8 Å². The van der Waals surface area contributed by atoms with Gasteiger partial charge < -0.3 is 10.2 Å². The van der Waals surface area contributed by atoms with Crippen LogP contribution in [0, 0.1) is 0 Å². The zero-order chi connectivity index (χ0) is 26.0. The first-order valence-corrected chi connectivity index (χ1v) is 14.1. The second-order valence-corrected chi connectivity index (χ2v) is 11.1. The van der Waals surface area contributed by atoms with Crippen molar-refractivity contribution in [1.29, 1.82) is 0 Å². The van der Waals surface area contributed by atoms with Crippen molar-refractivity contribution in [3.8, 4) is 0 Å². The average Bonchev–Trinajstić information content (AvgIpc) is 2.81. The second-order valence-electron chi connectivity index (χ2n) is 8.74. The maximum absolute atomic E-state index is 13.2. The fraction of sp³-hybridized carbons (Fsp3) is 0.462. The van der Waals surface area contributed by atoms with E-state index in [0.29, 0.717) is 30.1 Å². The summed E-state index contributed by atoms with van der Waals surface area (Å²) in [5, 5.41) is 3.38. The van der Waals surface area contributed by atoms with E-state index >= 15 is 0 Å². The number of hydrogen-bond donors (Lipinski definition) is 1. The lowest BCUT2D eigenvalue weighted by Crippen LogP contribution is -2.50. The fourth-order valence-electron chi connectivity index (χ4n) is 3.67. The van der Waals surface area contributed by atoms with Crippen molar-refractivity contribution < 1.29 is 18.0 Å². The number of hydrogen-bond acceptors (Lipinski definition) is 4. The van der Waals surface area contributed by atoms with Gasteiger partial charge in [-0.05, 0) is 56.9 Å². The molecular weight excluding hydrogens is 486 g/mol. The van der Waals surface area contributed by atoms with Crippen LogP contribution in [0.1, 0.15) is 45.6 Å². The van der Waals surface area contributed by atoms with Crippen LogP contribution in [0.25, 0.3) is 0 Å². The van der Waals surface area contributed by atoms with Gasteiger partial charge >= 0.3 is 0 Å². The van der Waals surface area contributed by atoms with Gasteiger partial charge in [0, 0.05) is 30.6 Å². The Balaban J connectivity index is 2.11. The van der Waals surface area contributed by atoms with E-state index in [-0.39, 0.29) is 30.8 Å². The number of nitrogens with one attached hydrogen (secondary N) is 1. The van der Waals surface area contributed by atoms with E-state index in [4.69, 9.17) is 11.6 Å². The van der Waals surface area contributed by atoms with Gasteiger partial charge in [0.25, 0.3) is 0 Å². The first kappa shape index (κ1) is 28.7. The standard InChI is InChI=1S/C26H36ClN3O4S/c1-5-20(2)28-26(32)21(3)29(18-16-22-11-7-6-8-12-22)25(31)15-10-17-30(35(4,33)34)24-14-9-13-23(27)19-24/h6-9,11-14,19-21H,5,10,15-18H2,1-4H3,(H,28,32)/t20-,21+/m0/s1. The summed E-state index contributed by atoms with van der Waals surface area (Å²) in [6.07, 6.45) is 2.96. The lowest BCUT2D eigenvalue weighted by atomic mass is 10.1. The van der Waals surface area contributed by atoms with Crippen LogP contribution < -0.4 is 9.62 Å². The topological polar surface area (TPSA) is 86.8 Å². The molecule has 0 aliphatic rings. The number of carbonyl (C=O) groups excluding carboxylic acids is 2. The summed E-state index contributed by atoms with van der Waals surface area (Å²) in [6.45, 7) is 6.17. The van der Waals surface area contributed by atoms with Crippen LogP contribution in [0.4, 0.5) is 5.69 Å². The van der Waals surface area contributed by atoms with Crippen LogP contribution in [0.15, 0.2) is 54.6 Å². The Labute approximate surface area is 214 Å². The molecule has 0 fully saturated rings. The minimum Gasteiger partial charge on any atom is -0.352 e. The molecule has 192 valence electrons. The van der Waals surface area contributed by atoms with Crippen molar-refractivity contribution >= 4 is 39.1 Å². The van der Waals surface area contributed by atoms with Crippen molar-refractivity contribution in [3.05, 3.63) is 65.2 Å². The number of rotatable bonds is 13. The quantitative estimate of drug-likeness (QED) is 0.426. The highest BCUT2D eigenvalue weighted by Gasteiger charge is 2.27. The van der Waals surface area contributed by atoms with Crippen LogP contribution in [0.3, 0.4) is 0 Å². The van der Waals surface area contributed by atoms with Crippen molar-refractivity contribution in [2.45, 2.75) is 58.5 Å². The van der Waals surface area contributed by atoms with Crippen LogP contribution in [0.2, 0.25) is 5.02 Å². The Kier molecular flexibility index (Phi) is 11.0.